The predicted octanol–water partition coefficient (Wildman–Crippen LogP) is 2.70. The number of methoxy groups -OCH3 is 1. The van der Waals surface area contributed by atoms with E-state index in [9.17, 15) is 4.79 Å². The number of hydrogen-bond donors (Lipinski definition) is 2. The van der Waals surface area contributed by atoms with Gasteiger partial charge in [-0.05, 0) is 46.0 Å². The molecule has 1 amide bonds. The number of allylic oxidation sites excluding steroid dienone is 1. The molecule has 3 aliphatic rings. The lowest BCUT2D eigenvalue weighted by molar-refractivity contribution is -0.120. The van der Waals surface area contributed by atoms with Crippen molar-refractivity contribution in [2.45, 2.75) is 89.6 Å². The van der Waals surface area contributed by atoms with Gasteiger partial charge in [0, 0.05) is 7.11 Å². The number of alkyl carbamates (subject to hydrolysis) is 1. The van der Waals surface area contributed by atoms with Crippen LogP contribution in [0.5, 0.6) is 0 Å². The molecule has 2 aliphatic heterocycles. The van der Waals surface area contributed by atoms with Crippen molar-refractivity contribution >= 4 is 6.09 Å². The summed E-state index contributed by atoms with van der Waals surface area (Å²) in [7, 11) is 1.67. The van der Waals surface area contributed by atoms with Crippen molar-refractivity contribution in [3.8, 4) is 0 Å². The number of ether oxygens (including phenoxy) is 5. The van der Waals surface area contributed by atoms with E-state index in [1.807, 2.05) is 13.8 Å². The first-order valence-corrected chi connectivity index (χ1v) is 10.9. The molecule has 3 fully saturated rings. The molecule has 0 aromatic rings. The van der Waals surface area contributed by atoms with E-state index in [0.717, 1.165) is 12.8 Å². The fraction of sp³-hybridized carbons (Fsp3) is 0.864. The van der Waals surface area contributed by atoms with Gasteiger partial charge in [0.15, 0.2) is 0 Å². The minimum Gasteiger partial charge on any atom is -0.443 e. The molecule has 30 heavy (non-hydrogen) atoms. The molecule has 8 nitrogen and oxygen atoms in total. The highest BCUT2D eigenvalue weighted by Gasteiger charge is 2.72. The van der Waals surface area contributed by atoms with Gasteiger partial charge in [0.1, 0.15) is 29.6 Å². The van der Waals surface area contributed by atoms with E-state index in [2.05, 4.69) is 32.2 Å². The van der Waals surface area contributed by atoms with Crippen LogP contribution in [0.4, 0.5) is 4.79 Å². The molecular weight excluding hydrogens is 388 g/mol. The zero-order valence-corrected chi connectivity index (χ0v) is 19.1. The highest BCUT2D eigenvalue weighted by Crippen LogP contribution is 2.59. The molecule has 2 heterocycles. The van der Waals surface area contributed by atoms with Crippen LogP contribution < -0.4 is 11.1 Å². The Morgan fingerprint density at radius 3 is 2.60 bits per heavy atom. The van der Waals surface area contributed by atoms with Gasteiger partial charge in [-0.2, -0.15) is 0 Å². The number of hydrogen-bond acceptors (Lipinski definition) is 7. The summed E-state index contributed by atoms with van der Waals surface area (Å²) in [5.74, 6) is 0.0643. The van der Waals surface area contributed by atoms with Gasteiger partial charge in [0.05, 0.1) is 25.4 Å². The highest BCUT2D eigenvalue weighted by molar-refractivity contribution is 5.67. The van der Waals surface area contributed by atoms with Gasteiger partial charge >= 0.3 is 6.09 Å². The van der Waals surface area contributed by atoms with E-state index < -0.39 is 12.3 Å². The minimum absolute atomic E-state index is 0.00157. The van der Waals surface area contributed by atoms with Gasteiger partial charge in [-0.1, -0.05) is 25.5 Å². The first-order valence-electron chi connectivity index (χ1n) is 10.9. The number of amides is 1. The maximum absolute atomic E-state index is 12.6. The Morgan fingerprint density at radius 1 is 1.37 bits per heavy atom. The van der Waals surface area contributed by atoms with E-state index in [-0.39, 0.29) is 48.1 Å². The van der Waals surface area contributed by atoms with Crippen molar-refractivity contribution in [1.82, 2.24) is 5.32 Å². The van der Waals surface area contributed by atoms with E-state index in [0.29, 0.717) is 13.0 Å². The lowest BCUT2D eigenvalue weighted by Gasteiger charge is -2.42. The molecule has 2 saturated heterocycles. The molecule has 1 spiro atoms. The number of nitrogens with two attached hydrogens (primary N) is 1. The van der Waals surface area contributed by atoms with Crippen LogP contribution in [-0.2, 0) is 23.7 Å². The fourth-order valence-electron chi connectivity index (χ4n) is 4.86. The Morgan fingerprint density at radius 2 is 2.07 bits per heavy atom. The summed E-state index contributed by atoms with van der Waals surface area (Å²) >= 11 is 0. The van der Waals surface area contributed by atoms with Crippen molar-refractivity contribution in [2.24, 2.45) is 17.6 Å². The summed E-state index contributed by atoms with van der Waals surface area (Å²) < 4.78 is 29.2. The van der Waals surface area contributed by atoms with Crippen molar-refractivity contribution in [3.63, 3.8) is 0 Å². The fourth-order valence-corrected chi connectivity index (χ4v) is 4.86. The average Bonchev–Trinajstić information content (AvgIpc) is 3.58. The van der Waals surface area contributed by atoms with Crippen LogP contribution in [0.1, 0.15) is 53.9 Å². The minimum atomic E-state index is -0.524. The Hall–Kier alpha value is -1.19. The van der Waals surface area contributed by atoms with Crippen LogP contribution in [0.25, 0.3) is 0 Å². The Bertz CT molecular complexity index is 646. The largest absolute Gasteiger partial charge is 0.443 e. The second-order valence-corrected chi connectivity index (χ2v) is 9.46. The molecular formula is C22H38N2O6. The molecule has 0 aromatic carbocycles. The van der Waals surface area contributed by atoms with Crippen LogP contribution in [0.2, 0.25) is 0 Å². The van der Waals surface area contributed by atoms with Crippen molar-refractivity contribution in [1.29, 1.82) is 0 Å². The monoisotopic (exact) mass is 426 g/mol. The molecule has 8 heteroatoms. The van der Waals surface area contributed by atoms with Crippen molar-refractivity contribution in [2.75, 3.05) is 20.4 Å². The van der Waals surface area contributed by atoms with Crippen LogP contribution in [0, 0.1) is 11.8 Å². The van der Waals surface area contributed by atoms with Crippen molar-refractivity contribution in [3.05, 3.63) is 11.6 Å². The number of carbonyl (C=O) groups excluding carboxylic acids is 1. The lowest BCUT2D eigenvalue weighted by atomic mass is 9.68. The third-order valence-electron chi connectivity index (χ3n) is 6.64. The Balaban J connectivity index is 1.69. The predicted molar refractivity (Wildman–Crippen MR) is 112 cm³/mol. The summed E-state index contributed by atoms with van der Waals surface area (Å²) in [6, 6.07) is 0. The normalized spacial score (nSPS) is 38.3. The maximum atomic E-state index is 12.6. The molecule has 1 aliphatic carbocycles. The van der Waals surface area contributed by atoms with Crippen LogP contribution in [0.3, 0.4) is 0 Å². The first kappa shape index (κ1) is 23.5. The third kappa shape index (κ3) is 4.83. The van der Waals surface area contributed by atoms with E-state index in [4.69, 9.17) is 29.4 Å². The van der Waals surface area contributed by atoms with Gasteiger partial charge in [-0.3, -0.25) is 5.32 Å². The SMILES string of the molecule is CO[C@H]1C([C@@]2(C)O[C@H]2CC=C(C)C)[C@]2(CC[C@H]1OC(=O)N[C@@H](OCN)C(C)C)CO2. The number of epoxide rings is 2. The zero-order chi connectivity index (χ0) is 22.1. The maximum Gasteiger partial charge on any atom is 0.409 e. The quantitative estimate of drug-likeness (QED) is 0.331. The van der Waals surface area contributed by atoms with E-state index in [1.165, 1.54) is 5.57 Å². The second kappa shape index (κ2) is 9.12. The number of carbonyl (C=O) groups is 1. The molecule has 0 bridgehead atoms. The van der Waals surface area contributed by atoms with E-state index in [1.54, 1.807) is 7.11 Å². The molecule has 172 valence electrons. The van der Waals surface area contributed by atoms with Crippen molar-refractivity contribution < 1.29 is 28.5 Å². The standard InChI is InChI=1S/C22H38N2O6/c1-13(2)7-8-16-21(5,30-16)18-17(26-6)15(9-10-22(18)11-28-22)29-20(25)24-19(14(3)4)27-12-23/h7,14-19H,8-12,23H2,1-6H3,(H,24,25)/t15-,16+,17-,18?,19+,21+,22+/m1/s1. The summed E-state index contributed by atoms with van der Waals surface area (Å²) in [5, 5.41) is 2.77. The summed E-state index contributed by atoms with van der Waals surface area (Å²) in [4.78, 5) is 12.6. The Labute approximate surface area is 179 Å². The van der Waals surface area contributed by atoms with E-state index >= 15 is 0 Å². The summed E-state index contributed by atoms with van der Waals surface area (Å²) in [6.07, 6.45) is 2.96. The highest BCUT2D eigenvalue weighted by atomic mass is 16.6. The zero-order valence-electron chi connectivity index (χ0n) is 19.1. The van der Waals surface area contributed by atoms with Gasteiger partial charge in [-0.15, -0.1) is 0 Å². The topological polar surface area (TPSA) is 108 Å². The van der Waals surface area contributed by atoms with Crippen LogP contribution >= 0.6 is 0 Å². The van der Waals surface area contributed by atoms with Gasteiger partial charge in [0.2, 0.25) is 0 Å². The Kier molecular flexibility index (Phi) is 7.14. The molecule has 3 rings (SSSR count). The molecule has 1 saturated carbocycles. The van der Waals surface area contributed by atoms with Gasteiger partial charge < -0.3 is 29.4 Å². The molecule has 0 radical (unpaired) electrons. The number of nitrogens with one attached hydrogen (secondary N) is 1. The summed E-state index contributed by atoms with van der Waals surface area (Å²) in [5.41, 5.74) is 6.15. The second-order valence-electron chi connectivity index (χ2n) is 9.46. The van der Waals surface area contributed by atoms with Crippen LogP contribution in [0.15, 0.2) is 11.6 Å². The molecule has 7 atom stereocenters. The third-order valence-corrected chi connectivity index (χ3v) is 6.64. The first-order chi connectivity index (χ1) is 14.2. The average molecular weight is 427 g/mol. The smallest absolute Gasteiger partial charge is 0.409 e. The van der Waals surface area contributed by atoms with Gasteiger partial charge in [-0.25, -0.2) is 4.79 Å². The van der Waals surface area contributed by atoms with Crippen LogP contribution in [-0.4, -0.2) is 62.3 Å². The molecule has 3 N–H and O–H groups in total. The lowest BCUT2D eigenvalue weighted by Crippen LogP contribution is -2.56. The van der Waals surface area contributed by atoms with Gasteiger partial charge in [0.25, 0.3) is 0 Å². The molecule has 0 aromatic heterocycles. The molecule has 1 unspecified atom stereocenters. The number of rotatable bonds is 9. The summed E-state index contributed by atoms with van der Waals surface area (Å²) in [6.45, 7) is 10.9.